The van der Waals surface area contributed by atoms with Crippen LogP contribution in [0.15, 0.2) is 42.5 Å². The van der Waals surface area contributed by atoms with Gasteiger partial charge in [-0.25, -0.2) is 0 Å². The average molecular weight is 266 g/mol. The van der Waals surface area contributed by atoms with Crippen LogP contribution in [0.1, 0.15) is 24.5 Å². The van der Waals surface area contributed by atoms with Gasteiger partial charge in [0.05, 0.1) is 18.2 Å². The van der Waals surface area contributed by atoms with Crippen molar-refractivity contribution in [1.82, 2.24) is 0 Å². The molecule has 0 aromatic heterocycles. The minimum Gasteiger partial charge on any atom is -0.494 e. The Morgan fingerprint density at radius 1 is 1.10 bits per heavy atom. The molecule has 20 heavy (non-hydrogen) atoms. The molecule has 0 heterocycles. The molecule has 0 unspecified atom stereocenters. The van der Waals surface area contributed by atoms with Gasteiger partial charge in [-0.15, -0.1) is 0 Å². The van der Waals surface area contributed by atoms with Crippen LogP contribution in [0.25, 0.3) is 0 Å². The van der Waals surface area contributed by atoms with E-state index in [2.05, 4.69) is 18.3 Å². The minimum absolute atomic E-state index is 0.707. The van der Waals surface area contributed by atoms with E-state index < -0.39 is 0 Å². The second-order valence-electron chi connectivity index (χ2n) is 4.64. The maximum absolute atomic E-state index is 8.92. The van der Waals surface area contributed by atoms with Gasteiger partial charge in [-0.05, 0) is 61.4 Å². The molecule has 2 rings (SSSR count). The standard InChI is InChI=1S/C17H18N2O/c1-3-10-20-17-8-6-15(7-9-17)19-16-5-4-14(12-18)13(2)11-16/h4-9,11,19H,3,10H2,1-2H3. The van der Waals surface area contributed by atoms with Gasteiger partial charge in [-0.2, -0.15) is 5.26 Å². The van der Waals surface area contributed by atoms with Crippen molar-refractivity contribution in [2.45, 2.75) is 20.3 Å². The van der Waals surface area contributed by atoms with Gasteiger partial charge in [-0.3, -0.25) is 0 Å². The number of rotatable bonds is 5. The van der Waals surface area contributed by atoms with Crippen LogP contribution in [0, 0.1) is 18.3 Å². The van der Waals surface area contributed by atoms with E-state index in [1.54, 1.807) is 0 Å². The molecular weight excluding hydrogens is 248 g/mol. The summed E-state index contributed by atoms with van der Waals surface area (Å²) in [7, 11) is 0. The van der Waals surface area contributed by atoms with Crippen molar-refractivity contribution >= 4 is 11.4 Å². The Kier molecular flexibility index (Phi) is 4.62. The molecule has 0 amide bonds. The maximum atomic E-state index is 8.92. The van der Waals surface area contributed by atoms with Crippen molar-refractivity contribution < 1.29 is 4.74 Å². The first-order valence-electron chi connectivity index (χ1n) is 6.73. The highest BCUT2D eigenvalue weighted by Gasteiger charge is 2.00. The van der Waals surface area contributed by atoms with E-state index >= 15 is 0 Å². The van der Waals surface area contributed by atoms with E-state index in [4.69, 9.17) is 10.00 Å². The van der Waals surface area contributed by atoms with Crippen molar-refractivity contribution in [2.24, 2.45) is 0 Å². The van der Waals surface area contributed by atoms with Crippen LogP contribution >= 0.6 is 0 Å². The largest absolute Gasteiger partial charge is 0.494 e. The third-order valence-corrected chi connectivity index (χ3v) is 2.96. The Labute approximate surface area is 119 Å². The van der Waals surface area contributed by atoms with Crippen molar-refractivity contribution in [3.63, 3.8) is 0 Å². The Hall–Kier alpha value is -2.47. The van der Waals surface area contributed by atoms with E-state index in [1.165, 1.54) is 0 Å². The van der Waals surface area contributed by atoms with E-state index in [-0.39, 0.29) is 0 Å². The number of ether oxygens (including phenoxy) is 1. The van der Waals surface area contributed by atoms with Gasteiger partial charge in [0.1, 0.15) is 5.75 Å². The molecule has 2 aromatic carbocycles. The minimum atomic E-state index is 0.707. The lowest BCUT2D eigenvalue weighted by Gasteiger charge is -2.09. The Morgan fingerprint density at radius 3 is 2.40 bits per heavy atom. The zero-order chi connectivity index (χ0) is 14.4. The number of aryl methyl sites for hydroxylation is 1. The van der Waals surface area contributed by atoms with Gasteiger partial charge in [-0.1, -0.05) is 6.92 Å². The predicted octanol–water partition coefficient (Wildman–Crippen LogP) is 4.40. The molecule has 0 atom stereocenters. The summed E-state index contributed by atoms with van der Waals surface area (Å²) in [4.78, 5) is 0. The predicted molar refractivity (Wildman–Crippen MR) is 81.4 cm³/mol. The quantitative estimate of drug-likeness (QED) is 0.872. The number of nitrogens with zero attached hydrogens (tertiary/aromatic N) is 1. The molecule has 2 aromatic rings. The second-order valence-corrected chi connectivity index (χ2v) is 4.64. The van der Waals surface area contributed by atoms with Crippen LogP contribution in [0.3, 0.4) is 0 Å². The van der Waals surface area contributed by atoms with Gasteiger partial charge in [0.15, 0.2) is 0 Å². The molecule has 0 aliphatic carbocycles. The molecule has 0 radical (unpaired) electrons. The fourth-order valence-corrected chi connectivity index (χ4v) is 1.89. The molecule has 0 aliphatic heterocycles. The van der Waals surface area contributed by atoms with Crippen LogP contribution < -0.4 is 10.1 Å². The lowest BCUT2D eigenvalue weighted by molar-refractivity contribution is 0.317. The van der Waals surface area contributed by atoms with E-state index in [1.807, 2.05) is 49.4 Å². The van der Waals surface area contributed by atoms with Crippen LogP contribution in [0.2, 0.25) is 0 Å². The first kappa shape index (κ1) is 14.0. The third-order valence-electron chi connectivity index (χ3n) is 2.96. The molecule has 1 N–H and O–H groups in total. The van der Waals surface area contributed by atoms with Gasteiger partial charge >= 0.3 is 0 Å². The summed E-state index contributed by atoms with van der Waals surface area (Å²) in [6, 6.07) is 15.8. The molecule has 0 saturated carbocycles. The monoisotopic (exact) mass is 266 g/mol. The number of benzene rings is 2. The van der Waals surface area contributed by atoms with Crippen molar-refractivity contribution in [2.75, 3.05) is 11.9 Å². The summed E-state index contributed by atoms with van der Waals surface area (Å²) < 4.78 is 5.55. The Morgan fingerprint density at radius 2 is 1.80 bits per heavy atom. The smallest absolute Gasteiger partial charge is 0.119 e. The lowest BCUT2D eigenvalue weighted by Crippen LogP contribution is -1.95. The Bertz CT molecular complexity index is 612. The molecule has 0 spiro atoms. The van der Waals surface area contributed by atoms with Gasteiger partial charge in [0, 0.05) is 11.4 Å². The molecule has 0 aliphatic rings. The summed E-state index contributed by atoms with van der Waals surface area (Å²) in [5.41, 5.74) is 3.65. The zero-order valence-corrected chi connectivity index (χ0v) is 11.8. The van der Waals surface area contributed by atoms with Gasteiger partial charge in [0.2, 0.25) is 0 Å². The number of nitriles is 1. The second kappa shape index (κ2) is 6.63. The normalized spacial score (nSPS) is 9.85. The molecule has 102 valence electrons. The van der Waals surface area contributed by atoms with Crippen LogP contribution in [-0.4, -0.2) is 6.61 Å². The maximum Gasteiger partial charge on any atom is 0.119 e. The molecule has 3 nitrogen and oxygen atoms in total. The van der Waals surface area contributed by atoms with Crippen LogP contribution in [-0.2, 0) is 0 Å². The van der Waals surface area contributed by atoms with Crippen molar-refractivity contribution in [3.05, 3.63) is 53.6 Å². The van der Waals surface area contributed by atoms with E-state index in [9.17, 15) is 0 Å². The Balaban J connectivity index is 2.06. The lowest BCUT2D eigenvalue weighted by atomic mass is 10.1. The zero-order valence-electron chi connectivity index (χ0n) is 11.8. The number of hydrogen-bond donors (Lipinski definition) is 1. The van der Waals surface area contributed by atoms with Crippen molar-refractivity contribution in [1.29, 1.82) is 5.26 Å². The summed E-state index contributed by atoms with van der Waals surface area (Å²) >= 11 is 0. The molecule has 3 heteroatoms. The van der Waals surface area contributed by atoms with E-state index in [0.717, 1.165) is 35.7 Å². The van der Waals surface area contributed by atoms with Gasteiger partial charge < -0.3 is 10.1 Å². The first-order chi connectivity index (χ1) is 9.72. The van der Waals surface area contributed by atoms with Gasteiger partial charge in [0.25, 0.3) is 0 Å². The first-order valence-corrected chi connectivity index (χ1v) is 6.73. The number of anilines is 2. The third kappa shape index (κ3) is 3.52. The summed E-state index contributed by atoms with van der Waals surface area (Å²) in [6.45, 7) is 4.76. The molecule has 0 fully saturated rings. The fraction of sp³-hybridized carbons (Fsp3) is 0.235. The highest BCUT2D eigenvalue weighted by atomic mass is 16.5. The van der Waals surface area contributed by atoms with E-state index in [0.29, 0.717) is 5.56 Å². The topological polar surface area (TPSA) is 45.0 Å². The number of hydrogen-bond acceptors (Lipinski definition) is 3. The average Bonchev–Trinajstić information content (AvgIpc) is 2.47. The summed E-state index contributed by atoms with van der Waals surface area (Å²) in [5.74, 6) is 0.883. The molecule has 0 saturated heterocycles. The SMILES string of the molecule is CCCOc1ccc(Nc2ccc(C#N)c(C)c2)cc1. The van der Waals surface area contributed by atoms with Crippen LogP contribution in [0.4, 0.5) is 11.4 Å². The highest BCUT2D eigenvalue weighted by Crippen LogP contribution is 2.22. The fourth-order valence-electron chi connectivity index (χ4n) is 1.89. The summed E-state index contributed by atoms with van der Waals surface area (Å²) in [5, 5.41) is 12.2. The molecular formula is C17H18N2O. The highest BCUT2D eigenvalue weighted by molar-refractivity contribution is 5.62. The molecule has 0 bridgehead atoms. The number of nitrogens with one attached hydrogen (secondary N) is 1. The summed E-state index contributed by atoms with van der Waals surface area (Å²) in [6.07, 6.45) is 1.00. The van der Waals surface area contributed by atoms with Crippen LogP contribution in [0.5, 0.6) is 5.75 Å². The van der Waals surface area contributed by atoms with Crippen molar-refractivity contribution in [3.8, 4) is 11.8 Å².